The Balaban J connectivity index is 0.984. The number of rotatable bonds is 5. The average molecular weight is 707 g/mol. The summed E-state index contributed by atoms with van der Waals surface area (Å²) in [5.41, 5.74) is 4.99. The second-order valence-electron chi connectivity index (χ2n) is 23.9. The number of carbonyl (C=O) groups excluding carboxylic acids is 1. The molecule has 2 spiro atoms. The van der Waals surface area contributed by atoms with Gasteiger partial charge in [0, 0.05) is 27.5 Å². The molecule has 0 bridgehead atoms. The van der Waals surface area contributed by atoms with E-state index in [0.29, 0.717) is 17.3 Å². The van der Waals surface area contributed by atoms with Crippen LogP contribution in [0.5, 0.6) is 0 Å². The summed E-state index contributed by atoms with van der Waals surface area (Å²) in [7, 11) is 1.62. The molecule has 15 fully saturated rings. The van der Waals surface area contributed by atoms with Crippen molar-refractivity contribution in [1.29, 1.82) is 0 Å². The van der Waals surface area contributed by atoms with Gasteiger partial charge in [0.2, 0.25) is 0 Å². The number of hydrogen-bond acceptors (Lipinski definition) is 3. The van der Waals surface area contributed by atoms with Crippen molar-refractivity contribution in [3.63, 3.8) is 0 Å². The molecule has 1 aromatic rings. The lowest BCUT2D eigenvalue weighted by Gasteiger charge is -2.61. The van der Waals surface area contributed by atoms with Crippen LogP contribution < -0.4 is 0 Å². The number of allylic oxidation sites excluding steroid dienone is 4. The first-order valence-corrected chi connectivity index (χ1v) is 24.1. The zero-order valence-electron chi connectivity index (χ0n) is 30.7. The van der Waals surface area contributed by atoms with Gasteiger partial charge in [-0.15, -0.1) is 11.3 Å². The smallest absolute Gasteiger partial charge is 0.305 e. The fraction of sp³-hybridized carbons (Fsp3) is 0.816. The number of ether oxygens (including phenoxy) is 1. The summed E-state index contributed by atoms with van der Waals surface area (Å²) >= 11 is 2.16. The molecule has 0 saturated heterocycles. The monoisotopic (exact) mass is 706 g/mol. The first-order valence-electron chi connectivity index (χ1n) is 23.2. The lowest BCUT2D eigenvalue weighted by atomic mass is 9.43. The zero-order chi connectivity index (χ0) is 32.8. The molecule has 17 aliphatic rings. The van der Waals surface area contributed by atoms with E-state index < -0.39 is 0 Å². The Morgan fingerprint density at radius 1 is 0.712 bits per heavy atom. The largest absolute Gasteiger partial charge is 0.469 e. The molecule has 17 aliphatic carbocycles. The number of carbonyl (C=O) groups is 1. The molecular formula is C49H54O2S. The van der Waals surface area contributed by atoms with Crippen molar-refractivity contribution in [2.45, 2.75) is 69.6 Å². The molecule has 0 radical (unpaired) electrons. The van der Waals surface area contributed by atoms with Crippen molar-refractivity contribution in [2.75, 3.05) is 7.11 Å². The van der Waals surface area contributed by atoms with Gasteiger partial charge >= 0.3 is 5.97 Å². The summed E-state index contributed by atoms with van der Waals surface area (Å²) < 4.78 is 5.36. The number of hydrogen-bond donors (Lipinski definition) is 0. The molecule has 2 nitrogen and oxygen atoms in total. The molecule has 29 atom stereocenters. The van der Waals surface area contributed by atoms with Crippen molar-refractivity contribution in [3.05, 3.63) is 45.7 Å². The Hall–Kier alpha value is -1.35. The van der Waals surface area contributed by atoms with Gasteiger partial charge in [-0.3, -0.25) is 4.79 Å². The van der Waals surface area contributed by atoms with E-state index in [2.05, 4.69) is 41.0 Å². The Kier molecular flexibility index (Phi) is 4.03. The molecule has 0 aliphatic heterocycles. The Morgan fingerprint density at radius 3 is 2.02 bits per heavy atom. The van der Waals surface area contributed by atoms with Gasteiger partial charge in [0.25, 0.3) is 0 Å². The predicted molar refractivity (Wildman–Crippen MR) is 196 cm³/mol. The minimum Gasteiger partial charge on any atom is -0.469 e. The highest BCUT2D eigenvalue weighted by atomic mass is 32.1. The molecular weight excluding hydrogens is 653 g/mol. The second kappa shape index (κ2) is 7.69. The van der Waals surface area contributed by atoms with Crippen LogP contribution in [0.3, 0.4) is 0 Å². The van der Waals surface area contributed by atoms with Gasteiger partial charge in [0.05, 0.1) is 7.11 Å². The lowest BCUT2D eigenvalue weighted by molar-refractivity contribution is -0.149. The topological polar surface area (TPSA) is 26.3 Å². The normalized spacial score (nSPS) is 72.6. The molecule has 52 heavy (non-hydrogen) atoms. The van der Waals surface area contributed by atoms with Gasteiger partial charge in [-0.25, -0.2) is 0 Å². The molecule has 1 heterocycles. The van der Waals surface area contributed by atoms with Crippen LogP contribution in [0.1, 0.15) is 69.1 Å². The van der Waals surface area contributed by atoms with Gasteiger partial charge in [-0.2, -0.15) is 0 Å². The van der Waals surface area contributed by atoms with Crippen molar-refractivity contribution < 1.29 is 9.53 Å². The molecule has 15 saturated carbocycles. The molecule has 268 valence electrons. The minimum atomic E-state index is 0.0282. The van der Waals surface area contributed by atoms with Crippen LogP contribution in [0.25, 0.3) is 0 Å². The highest BCUT2D eigenvalue weighted by Crippen LogP contribution is 3.05. The van der Waals surface area contributed by atoms with Crippen LogP contribution in [0.4, 0.5) is 0 Å². The maximum Gasteiger partial charge on any atom is 0.305 e. The standard InChI is InChI=1S/C49H54O2S/c1-51-27(50)5-2-6-47(26-4-3-7-52-26)48-24-14-22-12-19-8-17-10-21-11-18-9-20-13-23-15-25(16-24)49(47,48)46-34(23)38-31(20)29(18)36-32(21)35-28(17)30(19)37-33(22)45(48)43-41(37)39(35)40(36)42(38)44(43)46/h3-4,7,14,16-21,23,25,28-46H,2,5-6,8-13,15H2,1H3. The number of methoxy groups -OCH3 is 1. The van der Waals surface area contributed by atoms with E-state index in [0.717, 1.165) is 160 Å². The summed E-state index contributed by atoms with van der Waals surface area (Å²) in [6.45, 7) is 0. The van der Waals surface area contributed by atoms with Crippen molar-refractivity contribution in [1.82, 2.24) is 0 Å². The quantitative estimate of drug-likeness (QED) is 0.286. The second-order valence-corrected chi connectivity index (χ2v) is 24.9. The predicted octanol–water partition coefficient (Wildman–Crippen LogP) is 9.14. The number of esters is 1. The molecule has 0 amide bonds. The third-order valence-electron chi connectivity index (χ3n) is 25.1. The first kappa shape index (κ1) is 27.3. The summed E-state index contributed by atoms with van der Waals surface area (Å²) in [6.07, 6.45) is 20.3. The maximum atomic E-state index is 12.9. The van der Waals surface area contributed by atoms with Crippen LogP contribution >= 0.6 is 11.3 Å². The van der Waals surface area contributed by atoms with Gasteiger partial charge < -0.3 is 4.74 Å². The average Bonchev–Trinajstić information content (AvgIpc) is 3.94. The van der Waals surface area contributed by atoms with Crippen molar-refractivity contribution in [2.24, 2.45) is 165 Å². The molecule has 29 unspecified atom stereocenters. The number of thiophene rings is 1. The fourth-order valence-corrected chi connectivity index (χ4v) is 28.1. The summed E-state index contributed by atoms with van der Waals surface area (Å²) in [6, 6.07) is 5.10. The lowest BCUT2D eigenvalue weighted by Crippen LogP contribution is -2.58. The Morgan fingerprint density at radius 2 is 1.31 bits per heavy atom. The van der Waals surface area contributed by atoms with Gasteiger partial charge in [0.1, 0.15) is 0 Å². The fourth-order valence-electron chi connectivity index (χ4n) is 27.0. The first-order chi connectivity index (χ1) is 25.6. The van der Waals surface area contributed by atoms with Gasteiger partial charge in [0.15, 0.2) is 0 Å². The summed E-state index contributed by atoms with van der Waals surface area (Å²) in [4.78, 5) is 14.7. The molecule has 3 heteroatoms. The van der Waals surface area contributed by atoms with Crippen LogP contribution in [-0.4, -0.2) is 13.1 Å². The summed E-state index contributed by atoms with van der Waals surface area (Å²) in [5, 5.41) is 2.46. The highest BCUT2D eigenvalue weighted by Gasteiger charge is 3.03. The van der Waals surface area contributed by atoms with Crippen LogP contribution in [0.2, 0.25) is 0 Å². The molecule has 0 aromatic carbocycles. The van der Waals surface area contributed by atoms with E-state index in [1.807, 2.05) is 11.1 Å². The third kappa shape index (κ3) is 2.09. The van der Waals surface area contributed by atoms with Gasteiger partial charge in [-0.05, 0) is 229 Å². The van der Waals surface area contributed by atoms with E-state index in [9.17, 15) is 4.79 Å². The van der Waals surface area contributed by atoms with E-state index in [4.69, 9.17) is 4.74 Å². The maximum absolute atomic E-state index is 12.9. The van der Waals surface area contributed by atoms with Crippen LogP contribution in [0.15, 0.2) is 40.8 Å². The van der Waals surface area contributed by atoms with Crippen molar-refractivity contribution >= 4 is 17.3 Å². The Bertz CT molecular complexity index is 2060. The van der Waals surface area contributed by atoms with Crippen molar-refractivity contribution in [3.8, 4) is 0 Å². The molecule has 0 N–H and O–H groups in total. The van der Waals surface area contributed by atoms with Crippen LogP contribution in [0, 0.1) is 165 Å². The van der Waals surface area contributed by atoms with E-state index in [-0.39, 0.29) is 11.4 Å². The minimum absolute atomic E-state index is 0.0282. The third-order valence-corrected chi connectivity index (χ3v) is 26.2. The molecule has 18 rings (SSSR count). The molecule has 1 aromatic heterocycles. The van der Waals surface area contributed by atoms with Gasteiger partial charge in [-0.1, -0.05) is 23.8 Å². The Labute approximate surface area is 312 Å². The highest BCUT2D eigenvalue weighted by molar-refractivity contribution is 7.10. The van der Waals surface area contributed by atoms with Crippen LogP contribution in [-0.2, 0) is 14.9 Å². The zero-order valence-corrected chi connectivity index (χ0v) is 31.5. The van der Waals surface area contributed by atoms with E-state index in [1.54, 1.807) is 44.1 Å². The van der Waals surface area contributed by atoms with E-state index in [1.165, 1.54) is 19.3 Å². The SMILES string of the molecule is COC(=O)CCCC1(c2cccs2)C23C4=CC5CC6CC7CC8CC9CC%10CC%11CC(=C4)C4C%12C%11C%10C%10C9C9C8C7C7C8C9C%10C%12C(C8C(C67)C512)C43. The van der Waals surface area contributed by atoms with E-state index >= 15 is 0 Å². The summed E-state index contributed by atoms with van der Waals surface area (Å²) in [5.74, 6) is 27.7.